The molecule has 0 aromatic heterocycles. The van der Waals surface area contributed by atoms with Gasteiger partial charge in [0.15, 0.2) is 0 Å². The van der Waals surface area contributed by atoms with Crippen molar-refractivity contribution in [2.24, 2.45) is 17.8 Å². The number of hydrogen-bond acceptors (Lipinski definition) is 0. The Hall–Kier alpha value is -0.780. The molecule has 2 saturated carbocycles. The molecule has 2 aliphatic carbocycles. The van der Waals surface area contributed by atoms with Crippen LogP contribution in [-0.2, 0) is 0 Å². The van der Waals surface area contributed by atoms with Crippen molar-refractivity contribution >= 4 is 0 Å². The van der Waals surface area contributed by atoms with Gasteiger partial charge in [-0.1, -0.05) is 89.9 Å². The molecule has 2 fully saturated rings. The molecule has 2 rings (SSSR count). The molecule has 0 atom stereocenters. The van der Waals surface area contributed by atoms with Crippen LogP contribution in [0.2, 0.25) is 0 Å². The second kappa shape index (κ2) is 17.1. The third kappa shape index (κ3) is 14.8. The Morgan fingerprint density at radius 1 is 0.708 bits per heavy atom. The van der Waals surface area contributed by atoms with Gasteiger partial charge in [0, 0.05) is 0 Å². The molecule has 2 aliphatic rings. The van der Waals surface area contributed by atoms with Crippen LogP contribution in [0, 0.1) is 17.8 Å². The summed E-state index contributed by atoms with van der Waals surface area (Å²) in [5.41, 5.74) is 0. The first kappa shape index (κ1) is 23.2. The Morgan fingerprint density at radius 3 is 1.42 bits per heavy atom. The van der Waals surface area contributed by atoms with E-state index in [1.165, 1.54) is 77.0 Å². The third-order valence-electron chi connectivity index (χ3n) is 5.15. The normalized spacial score (nSPS) is 18.1. The highest BCUT2D eigenvalue weighted by Crippen LogP contribution is 2.27. The first-order chi connectivity index (χ1) is 11.6. The highest BCUT2D eigenvalue weighted by atomic mass is 14.2. The molecule has 0 spiro atoms. The largest absolute Gasteiger partial charge is 0.103 e. The molecule has 0 aliphatic heterocycles. The van der Waals surface area contributed by atoms with E-state index in [0.717, 1.165) is 24.2 Å². The van der Waals surface area contributed by atoms with Crippen LogP contribution in [-0.4, -0.2) is 0 Å². The molecule has 0 saturated heterocycles. The molecule has 0 amide bonds. The van der Waals surface area contributed by atoms with Crippen molar-refractivity contribution in [3.05, 3.63) is 38.0 Å². The zero-order valence-electron chi connectivity index (χ0n) is 16.8. The van der Waals surface area contributed by atoms with Crippen molar-refractivity contribution in [1.29, 1.82) is 0 Å². The van der Waals surface area contributed by atoms with E-state index in [0.29, 0.717) is 0 Å². The Balaban J connectivity index is 0.000000334. The van der Waals surface area contributed by atoms with Gasteiger partial charge in [0.25, 0.3) is 0 Å². The summed E-state index contributed by atoms with van der Waals surface area (Å²) >= 11 is 0. The molecule has 140 valence electrons. The van der Waals surface area contributed by atoms with E-state index in [1.807, 2.05) is 6.08 Å². The lowest BCUT2D eigenvalue weighted by atomic mass is 9.87. The van der Waals surface area contributed by atoms with Crippen molar-refractivity contribution in [1.82, 2.24) is 0 Å². The quantitative estimate of drug-likeness (QED) is 0.410. The molecule has 0 nitrogen and oxygen atoms in total. The summed E-state index contributed by atoms with van der Waals surface area (Å²) in [7, 11) is 0. The van der Waals surface area contributed by atoms with E-state index in [9.17, 15) is 0 Å². The Bertz CT molecular complexity index is 287. The maximum atomic E-state index is 3.75. The van der Waals surface area contributed by atoms with Crippen LogP contribution < -0.4 is 0 Å². The summed E-state index contributed by atoms with van der Waals surface area (Å²) in [6, 6.07) is 0. The Labute approximate surface area is 153 Å². The van der Waals surface area contributed by atoms with Gasteiger partial charge in [-0.25, -0.2) is 0 Å². The van der Waals surface area contributed by atoms with Gasteiger partial charge in [-0.3, -0.25) is 0 Å². The SMILES string of the molecule is C=CCC1CCCC1.C=CCC1CCCCC1.C=CCCC(C)C. The van der Waals surface area contributed by atoms with Crippen molar-refractivity contribution < 1.29 is 0 Å². The standard InChI is InChI=1S/C9H16.C8H14.C7H14/c1-2-6-9-7-4-3-5-8-9;1-2-5-8-6-3-4-7-8;1-4-5-6-7(2)3/h2,9H,1,3-8H2;2,8H,1,3-7H2;4,7H,1,5-6H2,2-3H3. The molecule has 24 heavy (non-hydrogen) atoms. The van der Waals surface area contributed by atoms with Gasteiger partial charge >= 0.3 is 0 Å². The van der Waals surface area contributed by atoms with Crippen molar-refractivity contribution in [3.8, 4) is 0 Å². The van der Waals surface area contributed by atoms with Crippen molar-refractivity contribution in [2.45, 2.75) is 97.3 Å². The van der Waals surface area contributed by atoms with Crippen LogP contribution in [0.3, 0.4) is 0 Å². The van der Waals surface area contributed by atoms with E-state index in [4.69, 9.17) is 0 Å². The van der Waals surface area contributed by atoms with Gasteiger partial charge in [-0.15, -0.1) is 19.7 Å². The van der Waals surface area contributed by atoms with Crippen LogP contribution in [0.4, 0.5) is 0 Å². The number of allylic oxidation sites excluding steroid dienone is 3. The second-order valence-electron chi connectivity index (χ2n) is 7.96. The Morgan fingerprint density at radius 2 is 1.12 bits per heavy atom. The van der Waals surface area contributed by atoms with Crippen LogP contribution in [0.1, 0.15) is 97.3 Å². The van der Waals surface area contributed by atoms with Crippen LogP contribution in [0.25, 0.3) is 0 Å². The predicted molar refractivity (Wildman–Crippen MR) is 112 cm³/mol. The molecule has 0 heterocycles. The molecular weight excluding hydrogens is 288 g/mol. The molecule has 0 unspecified atom stereocenters. The monoisotopic (exact) mass is 332 g/mol. The summed E-state index contributed by atoms with van der Waals surface area (Å²) in [5, 5.41) is 0. The molecule has 0 heteroatoms. The highest BCUT2D eigenvalue weighted by molar-refractivity contribution is 4.76. The topological polar surface area (TPSA) is 0 Å². The van der Waals surface area contributed by atoms with E-state index < -0.39 is 0 Å². The van der Waals surface area contributed by atoms with Crippen molar-refractivity contribution in [2.75, 3.05) is 0 Å². The molecule has 0 aromatic carbocycles. The fourth-order valence-corrected chi connectivity index (χ4v) is 3.59. The minimum Gasteiger partial charge on any atom is -0.103 e. The summed E-state index contributed by atoms with van der Waals surface area (Å²) < 4.78 is 0. The van der Waals surface area contributed by atoms with Crippen LogP contribution >= 0.6 is 0 Å². The van der Waals surface area contributed by atoms with E-state index in [1.54, 1.807) is 0 Å². The van der Waals surface area contributed by atoms with Gasteiger partial charge in [0.05, 0.1) is 0 Å². The lowest BCUT2D eigenvalue weighted by Gasteiger charge is -2.19. The van der Waals surface area contributed by atoms with Crippen LogP contribution in [0.5, 0.6) is 0 Å². The smallest absolute Gasteiger partial charge is 0.0325 e. The first-order valence-corrected chi connectivity index (χ1v) is 10.5. The molecule has 0 radical (unpaired) electrons. The fraction of sp³-hybridized carbons (Fsp3) is 0.750. The summed E-state index contributed by atoms with van der Waals surface area (Å²) in [5.74, 6) is 2.81. The molecule has 0 N–H and O–H groups in total. The summed E-state index contributed by atoms with van der Waals surface area (Å²) in [6.45, 7) is 15.6. The fourth-order valence-electron chi connectivity index (χ4n) is 3.59. The Kier molecular flexibility index (Phi) is 16.5. The molecule has 0 aromatic rings. The zero-order chi connectivity index (χ0) is 18.0. The summed E-state index contributed by atoms with van der Waals surface area (Å²) in [4.78, 5) is 0. The third-order valence-corrected chi connectivity index (χ3v) is 5.15. The zero-order valence-corrected chi connectivity index (χ0v) is 16.8. The van der Waals surface area contributed by atoms with Gasteiger partial charge in [0.2, 0.25) is 0 Å². The highest BCUT2D eigenvalue weighted by Gasteiger charge is 2.12. The maximum absolute atomic E-state index is 3.75. The predicted octanol–water partition coefficient (Wildman–Crippen LogP) is 8.50. The van der Waals surface area contributed by atoms with Gasteiger partial charge in [-0.05, 0) is 43.4 Å². The van der Waals surface area contributed by atoms with E-state index in [2.05, 4.69) is 45.7 Å². The van der Waals surface area contributed by atoms with Crippen LogP contribution in [0.15, 0.2) is 38.0 Å². The lowest BCUT2D eigenvalue weighted by Crippen LogP contribution is -2.04. The minimum absolute atomic E-state index is 0.831. The maximum Gasteiger partial charge on any atom is -0.0325 e. The van der Waals surface area contributed by atoms with E-state index in [-0.39, 0.29) is 0 Å². The molecule has 0 bridgehead atoms. The number of hydrogen-bond donors (Lipinski definition) is 0. The van der Waals surface area contributed by atoms with Gasteiger partial charge < -0.3 is 0 Å². The number of rotatable bonds is 7. The average molecular weight is 333 g/mol. The van der Waals surface area contributed by atoms with E-state index >= 15 is 0 Å². The van der Waals surface area contributed by atoms with Gasteiger partial charge in [0.1, 0.15) is 0 Å². The average Bonchev–Trinajstić information content (AvgIpc) is 3.09. The minimum atomic E-state index is 0.831. The summed E-state index contributed by atoms with van der Waals surface area (Å²) in [6.07, 6.45) is 24.1. The molecular formula is C24H44. The second-order valence-corrected chi connectivity index (χ2v) is 7.96. The van der Waals surface area contributed by atoms with Crippen molar-refractivity contribution in [3.63, 3.8) is 0 Å². The first-order valence-electron chi connectivity index (χ1n) is 10.5. The van der Waals surface area contributed by atoms with Gasteiger partial charge in [-0.2, -0.15) is 0 Å². The lowest BCUT2D eigenvalue weighted by molar-refractivity contribution is 0.361.